The molecular weight excluding hydrogens is 993 g/mol. The molecule has 2 aliphatic carbocycles. The second-order valence-corrected chi connectivity index (χ2v) is 21.2. The Hall–Kier alpha value is -6.92. The number of amides is 6. The molecule has 4 heterocycles. The van der Waals surface area contributed by atoms with Crippen LogP contribution in [0.25, 0.3) is 21.8 Å². The molecular formula is C60H80N8O10. The highest BCUT2D eigenvalue weighted by molar-refractivity contribution is 5.97. The van der Waals surface area contributed by atoms with Crippen molar-refractivity contribution in [3.8, 4) is 0 Å². The van der Waals surface area contributed by atoms with Crippen LogP contribution in [-0.4, -0.2) is 155 Å². The first kappa shape index (κ1) is 58.8. The second kappa shape index (κ2) is 28.1. The molecule has 2 saturated heterocycles. The fourth-order valence-electron chi connectivity index (χ4n) is 12.2. The van der Waals surface area contributed by atoms with E-state index in [0.717, 1.165) is 23.9 Å². The third-order valence-electron chi connectivity index (χ3n) is 15.7. The molecule has 0 bridgehead atoms. The number of aromatic nitrogens is 2. The van der Waals surface area contributed by atoms with Gasteiger partial charge in [0.25, 0.3) is 0 Å². The zero-order valence-corrected chi connectivity index (χ0v) is 46.1. The number of piperidine rings is 2. The molecule has 0 radical (unpaired) electrons. The molecule has 0 unspecified atom stereocenters. The van der Waals surface area contributed by atoms with Crippen molar-refractivity contribution in [2.24, 2.45) is 11.8 Å². The molecule has 420 valence electrons. The number of aromatic amines is 2. The molecule has 4 aromatic rings. The lowest BCUT2D eigenvalue weighted by Gasteiger charge is -2.47. The van der Waals surface area contributed by atoms with E-state index in [1.54, 1.807) is 0 Å². The highest BCUT2D eigenvalue weighted by Gasteiger charge is 2.46. The van der Waals surface area contributed by atoms with E-state index in [0.29, 0.717) is 90.6 Å². The van der Waals surface area contributed by atoms with Crippen LogP contribution in [0.1, 0.15) is 126 Å². The molecule has 78 heavy (non-hydrogen) atoms. The number of Topliss-reactive ketones (excluding diaryl/α,β-unsaturated/α-hetero) is 2. The largest absolute Gasteiger partial charge is 0.466 e. The number of rotatable bonds is 24. The Morgan fingerprint density at radius 2 is 1.03 bits per heavy atom. The van der Waals surface area contributed by atoms with E-state index in [2.05, 4.69) is 92.4 Å². The van der Waals surface area contributed by atoms with Crippen molar-refractivity contribution in [2.45, 2.75) is 129 Å². The zero-order valence-electron chi connectivity index (χ0n) is 46.1. The van der Waals surface area contributed by atoms with E-state index in [1.807, 2.05) is 26.0 Å². The Kier molecular flexibility index (Phi) is 21.2. The van der Waals surface area contributed by atoms with Crippen LogP contribution < -0.4 is 10.6 Å². The van der Waals surface area contributed by atoms with Crippen LogP contribution in [0.15, 0.2) is 74.1 Å². The van der Waals surface area contributed by atoms with Gasteiger partial charge in [0.05, 0.1) is 25.0 Å². The summed E-state index contributed by atoms with van der Waals surface area (Å²) in [6.07, 6.45) is 13.8. The number of likely N-dealkylation sites (tertiary alicyclic amines) is 2. The van der Waals surface area contributed by atoms with Gasteiger partial charge in [-0.15, -0.1) is 13.2 Å². The summed E-state index contributed by atoms with van der Waals surface area (Å²) >= 11 is 0. The number of carbonyl (C=O) groups excluding carboxylic acids is 8. The number of nitrogens with zero attached hydrogens (tertiary/aromatic N) is 4. The average molecular weight is 1070 g/mol. The van der Waals surface area contributed by atoms with E-state index in [-0.39, 0.29) is 110 Å². The number of ether oxygens (including phenoxy) is 2. The molecule has 0 spiro atoms. The van der Waals surface area contributed by atoms with Crippen molar-refractivity contribution in [3.63, 3.8) is 0 Å². The van der Waals surface area contributed by atoms with Crippen molar-refractivity contribution in [1.29, 1.82) is 0 Å². The molecule has 2 aromatic heterocycles. The van der Waals surface area contributed by atoms with Crippen molar-refractivity contribution in [2.75, 3.05) is 65.6 Å². The maximum atomic E-state index is 13.9. The van der Waals surface area contributed by atoms with Crippen molar-refractivity contribution in [1.82, 2.24) is 40.2 Å². The van der Waals surface area contributed by atoms with Gasteiger partial charge in [-0.1, -0.05) is 36.4 Å². The van der Waals surface area contributed by atoms with Gasteiger partial charge >= 0.3 is 24.0 Å². The summed E-state index contributed by atoms with van der Waals surface area (Å²) in [5, 5.41) is 8.05. The minimum absolute atomic E-state index is 0.0398. The van der Waals surface area contributed by atoms with Gasteiger partial charge in [0.2, 0.25) is 11.8 Å². The summed E-state index contributed by atoms with van der Waals surface area (Å²) in [6.45, 7) is 18.3. The third-order valence-corrected chi connectivity index (χ3v) is 15.7. The number of nitrogens with one attached hydrogen (secondary N) is 4. The molecule has 0 saturated carbocycles. The molecule has 4 aliphatic rings. The summed E-state index contributed by atoms with van der Waals surface area (Å²) in [7, 11) is 0. The van der Waals surface area contributed by atoms with E-state index >= 15 is 0 Å². The lowest BCUT2D eigenvalue weighted by Crippen LogP contribution is -2.55. The van der Waals surface area contributed by atoms with Crippen molar-refractivity contribution < 1.29 is 47.8 Å². The molecule has 18 heteroatoms. The van der Waals surface area contributed by atoms with Crippen LogP contribution in [0, 0.1) is 11.8 Å². The Balaban J connectivity index is 0.000000226. The highest BCUT2D eigenvalue weighted by Crippen LogP contribution is 2.47. The Labute approximate surface area is 458 Å². The molecule has 2 aromatic carbocycles. The van der Waals surface area contributed by atoms with Crippen LogP contribution >= 0.6 is 0 Å². The lowest BCUT2D eigenvalue weighted by molar-refractivity contribution is -0.145. The Bertz CT molecular complexity index is 2630. The van der Waals surface area contributed by atoms with Crippen LogP contribution in [0.5, 0.6) is 0 Å². The molecule has 4 N–H and O–H groups in total. The number of carbonyl (C=O) groups is 8. The summed E-state index contributed by atoms with van der Waals surface area (Å²) in [5.41, 5.74) is 7.36. The number of urea groups is 2. The Morgan fingerprint density at radius 1 is 0.615 bits per heavy atom. The first-order valence-corrected chi connectivity index (χ1v) is 28.0. The monoisotopic (exact) mass is 1070 g/mol. The number of imide groups is 2. The van der Waals surface area contributed by atoms with Crippen LogP contribution in [-0.2, 0) is 51.1 Å². The number of fused-ring (bicyclic) bond motifs is 4. The van der Waals surface area contributed by atoms with Gasteiger partial charge in [0.1, 0.15) is 11.6 Å². The van der Waals surface area contributed by atoms with Gasteiger partial charge in [-0.2, -0.15) is 0 Å². The normalized spacial score (nSPS) is 20.2. The minimum Gasteiger partial charge on any atom is -0.466 e. The van der Waals surface area contributed by atoms with E-state index < -0.39 is 12.1 Å². The number of benzene rings is 2. The Morgan fingerprint density at radius 3 is 1.40 bits per heavy atom. The van der Waals surface area contributed by atoms with Gasteiger partial charge < -0.3 is 39.7 Å². The number of hydrogen-bond donors (Lipinski definition) is 4. The van der Waals surface area contributed by atoms with Gasteiger partial charge in [-0.3, -0.25) is 38.8 Å². The predicted octanol–water partition coefficient (Wildman–Crippen LogP) is 7.87. The summed E-state index contributed by atoms with van der Waals surface area (Å²) in [6, 6.07) is 12.3. The average Bonchev–Trinajstić information content (AvgIpc) is 4.16. The number of esters is 2. The second-order valence-electron chi connectivity index (χ2n) is 21.2. The van der Waals surface area contributed by atoms with E-state index in [4.69, 9.17) is 9.47 Å². The van der Waals surface area contributed by atoms with Crippen LogP contribution in [0.4, 0.5) is 9.59 Å². The maximum absolute atomic E-state index is 13.9. The molecule has 6 amide bonds. The number of H-pyrrole nitrogens is 2. The SMILES string of the molecule is C=CCN1C[C@H](C(=O)N(CCCOC(=O)CCCC(C)=O)C(=O)NCC)C[C@@H]2c3cccc4[nH]cc(c34)C[C@H]21.C=CCN1C[C@H](C(=O)N(CCCOC(=O)CCCC(C)=O)C(=O)NCC)C[C@@H]2c3cccc4[nH]cc(c34)C[C@H]21. The van der Waals surface area contributed by atoms with Gasteiger partial charge in [0.15, 0.2) is 0 Å². The van der Waals surface area contributed by atoms with Crippen molar-refractivity contribution in [3.05, 3.63) is 96.4 Å². The van der Waals surface area contributed by atoms with E-state index in [1.165, 1.54) is 56.7 Å². The van der Waals surface area contributed by atoms with Crippen LogP contribution in [0.2, 0.25) is 0 Å². The third kappa shape index (κ3) is 14.4. The fourth-order valence-corrected chi connectivity index (χ4v) is 12.2. The summed E-state index contributed by atoms with van der Waals surface area (Å²) in [5.74, 6) is -1.42. The molecule has 6 atom stereocenters. The quantitative estimate of drug-likeness (QED) is 0.0299. The zero-order chi connectivity index (χ0) is 55.9. The molecule has 8 rings (SSSR count). The van der Waals surface area contributed by atoms with Gasteiger partial charge in [-0.05, 0) is 113 Å². The molecule has 2 aliphatic heterocycles. The number of hydrogen-bond acceptors (Lipinski definition) is 12. The van der Waals surface area contributed by atoms with Crippen molar-refractivity contribution >= 4 is 69.2 Å². The first-order valence-electron chi connectivity index (χ1n) is 28.0. The predicted molar refractivity (Wildman–Crippen MR) is 299 cm³/mol. The molecule has 18 nitrogen and oxygen atoms in total. The van der Waals surface area contributed by atoms with Gasteiger partial charge in [-0.25, -0.2) is 9.59 Å². The maximum Gasteiger partial charge on any atom is 0.324 e. The topological polar surface area (TPSA) is 224 Å². The van der Waals surface area contributed by atoms with Gasteiger partial charge in [0, 0.05) is 136 Å². The van der Waals surface area contributed by atoms with E-state index in [9.17, 15) is 38.4 Å². The minimum atomic E-state index is -0.425. The number of ketones is 2. The molecule has 2 fully saturated rings. The lowest BCUT2D eigenvalue weighted by atomic mass is 9.72. The summed E-state index contributed by atoms with van der Waals surface area (Å²) < 4.78 is 10.5. The standard InChI is InChI=1S/2C30H40N4O5/c2*1-4-13-33-19-22(16-24-23-10-7-11-25-28(23)21(18-32-25)17-26(24)33)29(37)34(30(38)31-5-2)14-8-15-39-27(36)12-6-9-20(3)35/h2*4,7,10-11,18,22,24,26,32H,1,5-6,8-9,12-17,19H2,2-3H3,(H,31,38)/t2*22-,24-,26-/m11/s1. The highest BCUT2D eigenvalue weighted by atomic mass is 16.5. The fraction of sp³-hybridized carbons (Fsp3) is 0.533. The smallest absolute Gasteiger partial charge is 0.324 e. The van der Waals surface area contributed by atoms with Crippen LogP contribution in [0.3, 0.4) is 0 Å². The summed E-state index contributed by atoms with van der Waals surface area (Å²) in [4.78, 5) is 114. The first-order chi connectivity index (χ1) is 37.7.